The van der Waals surface area contributed by atoms with Crippen molar-refractivity contribution in [2.24, 2.45) is 5.84 Å². The van der Waals surface area contributed by atoms with Crippen molar-refractivity contribution < 1.29 is 4.74 Å². The van der Waals surface area contributed by atoms with Crippen molar-refractivity contribution in [3.05, 3.63) is 24.3 Å². The summed E-state index contributed by atoms with van der Waals surface area (Å²) in [6.45, 7) is 4.59. The summed E-state index contributed by atoms with van der Waals surface area (Å²) in [5.41, 5.74) is 4.94. The molecule has 4 aliphatic rings. The van der Waals surface area contributed by atoms with Crippen LogP contribution in [0.3, 0.4) is 0 Å². The SMILES string of the molecule is NNc1ccc(N2CCC(N3CC4CC(C3)O4)CC2)cc1. The summed E-state index contributed by atoms with van der Waals surface area (Å²) in [5, 5.41) is 0. The number of nitrogens with two attached hydrogens (primary N) is 1. The van der Waals surface area contributed by atoms with E-state index in [-0.39, 0.29) is 0 Å². The zero-order chi connectivity index (χ0) is 14.2. The first kappa shape index (κ1) is 13.4. The summed E-state index contributed by atoms with van der Waals surface area (Å²) >= 11 is 0. The van der Waals surface area contributed by atoms with E-state index < -0.39 is 0 Å². The number of hydrogen-bond acceptors (Lipinski definition) is 5. The summed E-state index contributed by atoms with van der Waals surface area (Å²) in [6.07, 6.45) is 4.86. The summed E-state index contributed by atoms with van der Waals surface area (Å²) in [4.78, 5) is 5.15. The molecule has 21 heavy (non-hydrogen) atoms. The highest BCUT2D eigenvalue weighted by Crippen LogP contribution is 2.32. The Labute approximate surface area is 126 Å². The summed E-state index contributed by atoms with van der Waals surface area (Å²) in [6, 6.07) is 9.13. The third-order valence-corrected chi connectivity index (χ3v) is 5.17. The molecule has 2 bridgehead atoms. The van der Waals surface area contributed by atoms with Crippen molar-refractivity contribution in [2.75, 3.05) is 36.5 Å². The van der Waals surface area contributed by atoms with Crippen molar-refractivity contribution in [1.29, 1.82) is 0 Å². The number of nitrogen functional groups attached to an aromatic ring is 1. The minimum atomic E-state index is 0.526. The average Bonchev–Trinajstić information content (AvgIpc) is 2.55. The van der Waals surface area contributed by atoms with Crippen molar-refractivity contribution in [1.82, 2.24) is 4.90 Å². The van der Waals surface area contributed by atoms with Crippen molar-refractivity contribution in [3.8, 4) is 0 Å². The third-order valence-electron chi connectivity index (χ3n) is 5.17. The first-order valence-corrected chi connectivity index (χ1v) is 8.03. The topological polar surface area (TPSA) is 53.8 Å². The molecule has 114 valence electrons. The van der Waals surface area contributed by atoms with Crippen molar-refractivity contribution in [2.45, 2.75) is 37.5 Å². The molecule has 2 atom stereocenters. The van der Waals surface area contributed by atoms with Crippen LogP contribution in [0.15, 0.2) is 24.3 Å². The number of hydrazine groups is 1. The van der Waals surface area contributed by atoms with Gasteiger partial charge in [0, 0.05) is 50.0 Å². The molecule has 4 fully saturated rings. The lowest BCUT2D eigenvalue weighted by Crippen LogP contribution is -2.61. The fraction of sp³-hybridized carbons (Fsp3) is 0.625. The van der Waals surface area contributed by atoms with Crippen LogP contribution in [0.25, 0.3) is 0 Å². The van der Waals surface area contributed by atoms with Crippen LogP contribution in [-0.4, -0.2) is 49.3 Å². The van der Waals surface area contributed by atoms with Gasteiger partial charge in [-0.1, -0.05) is 0 Å². The van der Waals surface area contributed by atoms with Crippen molar-refractivity contribution in [3.63, 3.8) is 0 Å². The minimum absolute atomic E-state index is 0.526. The van der Waals surface area contributed by atoms with Gasteiger partial charge in [0.2, 0.25) is 0 Å². The van der Waals surface area contributed by atoms with Gasteiger partial charge in [0.05, 0.1) is 12.2 Å². The lowest BCUT2D eigenvalue weighted by Gasteiger charge is -2.51. The van der Waals surface area contributed by atoms with Crippen LogP contribution < -0.4 is 16.2 Å². The van der Waals surface area contributed by atoms with Gasteiger partial charge in [-0.25, -0.2) is 0 Å². The van der Waals surface area contributed by atoms with Crippen LogP contribution in [0.1, 0.15) is 19.3 Å². The maximum Gasteiger partial charge on any atom is 0.0731 e. The lowest BCUT2D eigenvalue weighted by molar-refractivity contribution is -0.189. The number of nitrogens with zero attached hydrogens (tertiary/aromatic N) is 2. The molecule has 4 aliphatic heterocycles. The molecule has 4 saturated heterocycles. The molecule has 3 N–H and O–H groups in total. The highest BCUT2D eigenvalue weighted by Gasteiger charge is 2.41. The maximum absolute atomic E-state index is 5.74. The van der Waals surface area contributed by atoms with Gasteiger partial charge in [0.25, 0.3) is 0 Å². The number of nitrogens with one attached hydrogen (secondary N) is 1. The molecular weight excluding hydrogens is 264 g/mol. The number of rotatable bonds is 3. The highest BCUT2D eigenvalue weighted by molar-refractivity contribution is 5.54. The van der Waals surface area contributed by atoms with Crippen LogP contribution in [0.2, 0.25) is 0 Å². The van der Waals surface area contributed by atoms with Crippen molar-refractivity contribution >= 4 is 11.4 Å². The van der Waals surface area contributed by atoms with Gasteiger partial charge in [-0.3, -0.25) is 10.7 Å². The van der Waals surface area contributed by atoms with Crippen LogP contribution in [0.5, 0.6) is 0 Å². The molecule has 4 heterocycles. The van der Waals surface area contributed by atoms with Gasteiger partial charge < -0.3 is 15.1 Å². The second-order valence-corrected chi connectivity index (χ2v) is 6.48. The number of benzene rings is 1. The smallest absolute Gasteiger partial charge is 0.0731 e. The summed E-state index contributed by atoms with van der Waals surface area (Å²) in [7, 11) is 0. The van der Waals surface area contributed by atoms with E-state index in [4.69, 9.17) is 10.6 Å². The number of hydrogen-bond donors (Lipinski definition) is 2. The minimum Gasteiger partial charge on any atom is -0.372 e. The van der Waals surface area contributed by atoms with Crippen LogP contribution >= 0.6 is 0 Å². The fourth-order valence-corrected chi connectivity index (χ4v) is 3.94. The molecule has 0 aliphatic carbocycles. The molecule has 1 aromatic carbocycles. The molecule has 0 aromatic heterocycles. The fourth-order valence-electron chi connectivity index (χ4n) is 3.94. The highest BCUT2D eigenvalue weighted by atomic mass is 16.5. The molecule has 1 aromatic rings. The normalized spacial score (nSPS) is 30.0. The quantitative estimate of drug-likeness (QED) is 0.651. The number of piperidine rings is 2. The maximum atomic E-state index is 5.74. The molecule has 5 heteroatoms. The van der Waals surface area contributed by atoms with Gasteiger partial charge in [-0.05, 0) is 37.1 Å². The largest absolute Gasteiger partial charge is 0.372 e. The standard InChI is InChI=1S/C16H24N4O/c17-18-12-1-3-13(4-2-12)19-7-5-14(6-8-19)20-10-15-9-16(11-20)21-15/h1-4,14-16,18H,5-11,17H2. The first-order valence-electron chi connectivity index (χ1n) is 8.03. The summed E-state index contributed by atoms with van der Waals surface area (Å²) < 4.78 is 5.74. The molecular formula is C16H24N4O. The zero-order valence-electron chi connectivity index (χ0n) is 12.4. The molecule has 5 rings (SSSR count). The second kappa shape index (κ2) is 5.48. The van der Waals surface area contributed by atoms with Gasteiger partial charge in [0.15, 0.2) is 0 Å². The Bertz CT molecular complexity index is 468. The average molecular weight is 288 g/mol. The van der Waals surface area contributed by atoms with E-state index in [0.717, 1.165) is 37.9 Å². The van der Waals surface area contributed by atoms with Crippen LogP contribution in [-0.2, 0) is 4.74 Å². The van der Waals surface area contributed by atoms with E-state index in [0.29, 0.717) is 12.2 Å². The lowest BCUT2D eigenvalue weighted by atomic mass is 9.94. The van der Waals surface area contributed by atoms with Gasteiger partial charge in [0.1, 0.15) is 0 Å². The third kappa shape index (κ3) is 2.61. The molecule has 0 saturated carbocycles. The number of fused-ring (bicyclic) bond motifs is 2. The molecule has 2 unspecified atom stereocenters. The predicted octanol–water partition coefficient (Wildman–Crippen LogP) is 1.41. The molecule has 5 nitrogen and oxygen atoms in total. The Morgan fingerprint density at radius 2 is 1.67 bits per heavy atom. The monoisotopic (exact) mass is 288 g/mol. The van der Waals surface area contributed by atoms with E-state index >= 15 is 0 Å². The van der Waals surface area contributed by atoms with Crippen LogP contribution in [0, 0.1) is 0 Å². The zero-order valence-corrected chi connectivity index (χ0v) is 12.4. The first-order chi connectivity index (χ1) is 10.3. The van der Waals surface area contributed by atoms with E-state index in [1.54, 1.807) is 0 Å². The van der Waals surface area contributed by atoms with Crippen LogP contribution in [0.4, 0.5) is 11.4 Å². The number of ether oxygens (including phenoxy) is 1. The summed E-state index contributed by atoms with van der Waals surface area (Å²) in [5.74, 6) is 5.41. The predicted molar refractivity (Wildman–Crippen MR) is 84.3 cm³/mol. The second-order valence-electron chi connectivity index (χ2n) is 6.48. The van der Waals surface area contributed by atoms with E-state index in [1.165, 1.54) is 24.9 Å². The van der Waals surface area contributed by atoms with E-state index in [1.807, 2.05) is 12.1 Å². The Morgan fingerprint density at radius 3 is 2.24 bits per heavy atom. The van der Waals surface area contributed by atoms with E-state index in [9.17, 15) is 0 Å². The number of morpholine rings is 1. The van der Waals surface area contributed by atoms with E-state index in [2.05, 4.69) is 27.4 Å². The van der Waals surface area contributed by atoms with Gasteiger partial charge in [-0.2, -0.15) is 0 Å². The number of anilines is 2. The Kier molecular flexibility index (Phi) is 3.49. The van der Waals surface area contributed by atoms with Gasteiger partial charge in [-0.15, -0.1) is 0 Å². The van der Waals surface area contributed by atoms with Gasteiger partial charge >= 0.3 is 0 Å². The Balaban J connectivity index is 1.33. The molecule has 0 radical (unpaired) electrons. The molecule has 0 amide bonds. The molecule has 0 spiro atoms. The Morgan fingerprint density at radius 1 is 1.05 bits per heavy atom. The Hall–Kier alpha value is -1.30.